The van der Waals surface area contributed by atoms with Gasteiger partial charge in [0, 0.05) is 26.2 Å². The average molecular weight is 259 g/mol. The number of hydrogen-bond acceptors (Lipinski definition) is 7. The molecule has 0 aliphatic carbocycles. The highest BCUT2D eigenvalue weighted by atomic mass is 16.4. The van der Waals surface area contributed by atoms with E-state index >= 15 is 0 Å². The zero-order valence-corrected chi connectivity index (χ0v) is 9.76. The molecule has 11 nitrogen and oxygen atoms in total. The number of carboxylic acid groups (broad SMARTS) is 2. The third-order valence-corrected chi connectivity index (χ3v) is 0.642. The second-order valence-electron chi connectivity index (χ2n) is 2.00. The van der Waals surface area contributed by atoms with Gasteiger partial charge in [0.15, 0.2) is 0 Å². The molecule has 2 amide bonds. The van der Waals surface area contributed by atoms with E-state index in [0.29, 0.717) is 13.1 Å². The molecule has 0 aromatic heterocycles. The molecule has 0 aliphatic rings. The van der Waals surface area contributed by atoms with E-state index in [9.17, 15) is 0 Å². The minimum Gasteiger partial charge on any atom is -0.465 e. The van der Waals surface area contributed by atoms with Gasteiger partial charge in [0.25, 0.3) is 0 Å². The molecule has 11 heteroatoms. The van der Waals surface area contributed by atoms with E-state index in [1.54, 1.807) is 0 Å². The average Bonchev–Trinajstić information content (AvgIpc) is 2.03. The van der Waals surface area contributed by atoms with Crippen molar-refractivity contribution in [1.29, 1.82) is 0 Å². The Balaban J connectivity index is -0.0000000425. The van der Waals surface area contributed by atoms with Crippen LogP contribution >= 0.6 is 0 Å². The minimum atomic E-state index is -1.33. The molecule has 0 fully saturated rings. The first-order valence-electron chi connectivity index (χ1n) is 3.96. The van der Waals surface area contributed by atoms with Crippen LogP contribution in [-0.4, -0.2) is 48.6 Å². The number of amides is 2. The summed E-state index contributed by atoms with van der Waals surface area (Å²) in [4.78, 5) is 17.6. The molecule has 0 heterocycles. The molecule has 0 unspecified atom stereocenters. The van der Waals surface area contributed by atoms with Crippen molar-refractivity contribution in [2.45, 2.75) is 0 Å². The summed E-state index contributed by atoms with van der Waals surface area (Å²) in [6.45, 7) is 3.13. The lowest BCUT2D eigenvalue weighted by atomic mass is 10.6. The summed E-state index contributed by atoms with van der Waals surface area (Å²) in [5.74, 6) is 0. The predicted octanol–water partition coefficient (Wildman–Crippen LogP) is -1.94. The lowest BCUT2D eigenvalue weighted by Crippen LogP contribution is -2.27. The largest absolute Gasteiger partial charge is 0.465 e. The molecular weight excluding hydrogens is 234 g/mol. The van der Waals surface area contributed by atoms with Crippen molar-refractivity contribution in [3.05, 3.63) is 0 Å². The SMILES string of the molecule is N.N.NC(=O)O.NC(=O)O.NCCNCCN. The van der Waals surface area contributed by atoms with Gasteiger partial charge in [-0.2, -0.15) is 0 Å². The van der Waals surface area contributed by atoms with E-state index in [-0.39, 0.29) is 12.3 Å². The fraction of sp³-hybridized carbons (Fsp3) is 0.667. The molecule has 17 heavy (non-hydrogen) atoms. The molecule has 0 saturated carbocycles. The van der Waals surface area contributed by atoms with Gasteiger partial charge in [-0.05, 0) is 0 Å². The molecule has 0 saturated heterocycles. The summed E-state index contributed by atoms with van der Waals surface area (Å²) in [5.41, 5.74) is 18.4. The topological polar surface area (TPSA) is 261 Å². The Labute approximate surface area is 99.7 Å². The van der Waals surface area contributed by atoms with Crippen molar-refractivity contribution >= 4 is 12.2 Å². The first kappa shape index (κ1) is 29.5. The summed E-state index contributed by atoms with van der Waals surface area (Å²) >= 11 is 0. The fourth-order valence-corrected chi connectivity index (χ4v) is 0.329. The van der Waals surface area contributed by atoms with Gasteiger partial charge in [-0.15, -0.1) is 0 Å². The van der Waals surface area contributed by atoms with Gasteiger partial charge in [-0.3, -0.25) is 0 Å². The second-order valence-corrected chi connectivity index (χ2v) is 2.00. The first-order valence-corrected chi connectivity index (χ1v) is 3.96. The Morgan fingerprint density at radius 3 is 1.18 bits per heavy atom. The Morgan fingerprint density at radius 2 is 1.06 bits per heavy atom. The molecule has 0 atom stereocenters. The van der Waals surface area contributed by atoms with Gasteiger partial charge >= 0.3 is 12.2 Å². The number of nitrogens with one attached hydrogen (secondary N) is 1. The first-order chi connectivity index (χ1) is 6.88. The molecule has 0 aromatic rings. The van der Waals surface area contributed by atoms with Crippen molar-refractivity contribution in [2.24, 2.45) is 22.9 Å². The molecule has 0 rings (SSSR count). The summed E-state index contributed by atoms with van der Waals surface area (Å²) in [7, 11) is 0. The van der Waals surface area contributed by atoms with Crippen LogP contribution in [0, 0.1) is 0 Å². The lowest BCUT2D eigenvalue weighted by molar-refractivity contribution is 0.204. The van der Waals surface area contributed by atoms with Crippen molar-refractivity contribution in [3.8, 4) is 0 Å². The van der Waals surface area contributed by atoms with Gasteiger partial charge in [0.1, 0.15) is 0 Å². The van der Waals surface area contributed by atoms with E-state index in [1.807, 2.05) is 0 Å². The van der Waals surface area contributed by atoms with Crippen LogP contribution in [0.15, 0.2) is 0 Å². The highest BCUT2D eigenvalue weighted by molar-refractivity contribution is 5.61. The van der Waals surface area contributed by atoms with Crippen molar-refractivity contribution in [1.82, 2.24) is 17.6 Å². The van der Waals surface area contributed by atoms with Crippen LogP contribution in [0.25, 0.3) is 0 Å². The summed E-state index contributed by atoms with van der Waals surface area (Å²) < 4.78 is 0. The Morgan fingerprint density at radius 1 is 0.882 bits per heavy atom. The molecular formula is C6H25N7O4. The van der Waals surface area contributed by atoms with E-state index in [4.69, 9.17) is 31.3 Å². The quantitative estimate of drug-likeness (QED) is 0.254. The van der Waals surface area contributed by atoms with Crippen LogP contribution in [-0.2, 0) is 0 Å². The maximum absolute atomic E-state index is 8.78. The molecule has 0 aliphatic heterocycles. The van der Waals surface area contributed by atoms with Crippen molar-refractivity contribution < 1.29 is 19.8 Å². The number of hydrogen-bond donors (Lipinski definition) is 9. The number of nitrogens with two attached hydrogens (primary N) is 4. The van der Waals surface area contributed by atoms with Crippen LogP contribution < -0.4 is 40.6 Å². The zero-order chi connectivity index (χ0) is 12.7. The third kappa shape index (κ3) is 399. The highest BCUT2D eigenvalue weighted by Gasteiger charge is 1.76. The van der Waals surface area contributed by atoms with Crippen molar-refractivity contribution in [2.75, 3.05) is 26.2 Å². The highest BCUT2D eigenvalue weighted by Crippen LogP contribution is 1.49. The van der Waals surface area contributed by atoms with Crippen LogP contribution in [0.1, 0.15) is 0 Å². The zero-order valence-electron chi connectivity index (χ0n) is 9.76. The fourth-order valence-electron chi connectivity index (χ4n) is 0.329. The normalized spacial score (nSPS) is 6.71. The summed E-state index contributed by atoms with van der Waals surface area (Å²) in [6, 6.07) is 0. The van der Waals surface area contributed by atoms with E-state index in [1.165, 1.54) is 0 Å². The standard InChI is InChI=1S/C4H13N3.2CH3NO2.2H3N/c5-1-3-7-4-2-6;2*2-1(3)4;;/h7H,1-6H2;2*2H2,(H,3,4);2*1H3. The minimum absolute atomic E-state index is 0. The maximum atomic E-state index is 8.78. The summed E-state index contributed by atoms with van der Waals surface area (Å²) in [5, 5.41) is 17.4. The lowest BCUT2D eigenvalue weighted by Gasteiger charge is -1.95. The molecule has 0 spiro atoms. The van der Waals surface area contributed by atoms with E-state index in [0.717, 1.165) is 13.1 Å². The monoisotopic (exact) mass is 259 g/mol. The Kier molecular flexibility index (Phi) is 50.8. The molecule has 0 radical (unpaired) electrons. The van der Waals surface area contributed by atoms with Crippen LogP contribution in [0.2, 0.25) is 0 Å². The Hall–Kier alpha value is -1.66. The Bertz CT molecular complexity index is 133. The third-order valence-electron chi connectivity index (χ3n) is 0.642. The number of carbonyl (C=O) groups is 2. The van der Waals surface area contributed by atoms with Gasteiger partial charge in [0.05, 0.1) is 0 Å². The second kappa shape index (κ2) is 29.3. The molecule has 108 valence electrons. The predicted molar refractivity (Wildman–Crippen MR) is 65.4 cm³/mol. The molecule has 17 N–H and O–H groups in total. The van der Waals surface area contributed by atoms with Gasteiger partial charge in [0.2, 0.25) is 0 Å². The van der Waals surface area contributed by atoms with Gasteiger partial charge in [-0.1, -0.05) is 0 Å². The van der Waals surface area contributed by atoms with Crippen LogP contribution in [0.4, 0.5) is 9.59 Å². The number of rotatable bonds is 4. The van der Waals surface area contributed by atoms with Crippen LogP contribution in [0.5, 0.6) is 0 Å². The van der Waals surface area contributed by atoms with Gasteiger partial charge < -0.3 is 50.8 Å². The van der Waals surface area contributed by atoms with E-state index in [2.05, 4.69) is 16.8 Å². The maximum Gasteiger partial charge on any atom is 0.402 e. The van der Waals surface area contributed by atoms with Crippen LogP contribution in [0.3, 0.4) is 0 Å². The molecule has 0 aromatic carbocycles. The summed E-state index contributed by atoms with van der Waals surface area (Å²) in [6.07, 6.45) is -2.67. The van der Waals surface area contributed by atoms with Crippen molar-refractivity contribution in [3.63, 3.8) is 0 Å². The van der Waals surface area contributed by atoms with E-state index < -0.39 is 12.2 Å². The van der Waals surface area contributed by atoms with Gasteiger partial charge in [-0.25, -0.2) is 9.59 Å². The molecule has 0 bridgehead atoms. The smallest absolute Gasteiger partial charge is 0.402 e. The number of primary amides is 2.